The lowest BCUT2D eigenvalue weighted by atomic mass is 10.2. The Morgan fingerprint density at radius 2 is 1.79 bits per heavy atom. The molecule has 0 bridgehead atoms. The molecule has 1 N–H and O–H groups in total. The van der Waals surface area contributed by atoms with Crippen LogP contribution >= 0.6 is 0 Å². The van der Waals surface area contributed by atoms with Crippen LogP contribution in [0.15, 0.2) is 0 Å². The first-order chi connectivity index (χ1) is 9.09. The maximum absolute atomic E-state index is 12.4. The smallest absolute Gasteiger partial charge is 0.282 e. The zero-order valence-corrected chi connectivity index (χ0v) is 12.8. The summed E-state index contributed by atoms with van der Waals surface area (Å²) in [6.07, 6.45) is 1.18. The molecule has 0 aliphatic carbocycles. The number of nitrogens with one attached hydrogen (secondary N) is 1. The fraction of sp³-hybridized carbons (Fsp3) is 1.00. The van der Waals surface area contributed by atoms with E-state index in [1.54, 1.807) is 8.61 Å². The maximum atomic E-state index is 12.4. The highest BCUT2D eigenvalue weighted by Gasteiger charge is 2.33. The number of hydrogen-bond acceptors (Lipinski definition) is 4. The van der Waals surface area contributed by atoms with Crippen LogP contribution in [0.2, 0.25) is 0 Å². The Morgan fingerprint density at radius 1 is 1.16 bits per heavy atom. The van der Waals surface area contributed by atoms with Crippen molar-refractivity contribution in [3.8, 4) is 0 Å². The van der Waals surface area contributed by atoms with E-state index in [1.807, 2.05) is 13.8 Å². The van der Waals surface area contributed by atoms with E-state index in [4.69, 9.17) is 0 Å². The Balaban J connectivity index is 1.91. The van der Waals surface area contributed by atoms with Gasteiger partial charge in [0.2, 0.25) is 0 Å². The van der Waals surface area contributed by atoms with Gasteiger partial charge in [-0.25, -0.2) is 0 Å². The fourth-order valence-corrected chi connectivity index (χ4v) is 4.57. The summed E-state index contributed by atoms with van der Waals surface area (Å²) < 4.78 is 28.0. The first-order valence-electron chi connectivity index (χ1n) is 7.29. The molecule has 19 heavy (non-hydrogen) atoms. The molecule has 2 saturated heterocycles. The van der Waals surface area contributed by atoms with E-state index in [0.29, 0.717) is 32.2 Å². The van der Waals surface area contributed by atoms with Gasteiger partial charge in [-0.3, -0.25) is 4.90 Å². The zero-order valence-electron chi connectivity index (χ0n) is 12.0. The number of rotatable bonds is 5. The molecule has 0 aromatic carbocycles. The van der Waals surface area contributed by atoms with Crippen LogP contribution in [-0.4, -0.2) is 80.3 Å². The van der Waals surface area contributed by atoms with E-state index < -0.39 is 10.2 Å². The molecule has 1 unspecified atom stereocenters. The van der Waals surface area contributed by atoms with Gasteiger partial charge in [0.05, 0.1) is 0 Å². The van der Waals surface area contributed by atoms with Crippen molar-refractivity contribution in [1.82, 2.24) is 18.8 Å². The molecule has 2 aliphatic heterocycles. The normalized spacial score (nSPS) is 27.2. The summed E-state index contributed by atoms with van der Waals surface area (Å²) in [6, 6.07) is 0.596. The van der Waals surface area contributed by atoms with Gasteiger partial charge in [-0.05, 0) is 13.0 Å². The topological polar surface area (TPSA) is 55.9 Å². The van der Waals surface area contributed by atoms with E-state index in [-0.39, 0.29) is 0 Å². The number of hydrogen-bond donors (Lipinski definition) is 1. The largest absolute Gasteiger partial charge is 0.315 e. The van der Waals surface area contributed by atoms with Crippen molar-refractivity contribution >= 4 is 10.2 Å². The summed E-state index contributed by atoms with van der Waals surface area (Å²) in [5.74, 6) is 0. The van der Waals surface area contributed by atoms with E-state index in [9.17, 15) is 8.42 Å². The van der Waals surface area contributed by atoms with Gasteiger partial charge in [0.1, 0.15) is 0 Å². The van der Waals surface area contributed by atoms with E-state index >= 15 is 0 Å². The van der Waals surface area contributed by atoms with Gasteiger partial charge in [0.15, 0.2) is 0 Å². The summed E-state index contributed by atoms with van der Waals surface area (Å²) in [6.45, 7) is 9.95. The second-order valence-corrected chi connectivity index (χ2v) is 7.10. The molecule has 2 rings (SSSR count). The van der Waals surface area contributed by atoms with Gasteiger partial charge in [-0.15, -0.1) is 0 Å². The fourth-order valence-electron chi connectivity index (χ4n) is 2.96. The highest BCUT2D eigenvalue weighted by atomic mass is 32.2. The van der Waals surface area contributed by atoms with Crippen molar-refractivity contribution in [3.63, 3.8) is 0 Å². The predicted octanol–water partition coefficient (Wildman–Crippen LogP) is -0.447. The second-order valence-electron chi connectivity index (χ2n) is 5.17. The van der Waals surface area contributed by atoms with Crippen molar-refractivity contribution < 1.29 is 8.42 Å². The molecule has 7 heteroatoms. The van der Waals surface area contributed by atoms with Gasteiger partial charge in [-0.1, -0.05) is 13.8 Å². The molecular weight excluding hydrogens is 264 g/mol. The van der Waals surface area contributed by atoms with Gasteiger partial charge >= 0.3 is 0 Å². The lowest BCUT2D eigenvalue weighted by molar-refractivity contribution is 0.141. The Bertz CT molecular complexity index is 369. The lowest BCUT2D eigenvalue weighted by Crippen LogP contribution is -2.55. The summed E-state index contributed by atoms with van der Waals surface area (Å²) in [5.41, 5.74) is 0. The summed E-state index contributed by atoms with van der Waals surface area (Å²) >= 11 is 0. The molecule has 2 aliphatic rings. The molecular formula is C12H26N4O2S. The van der Waals surface area contributed by atoms with Crippen LogP contribution in [-0.2, 0) is 10.2 Å². The van der Waals surface area contributed by atoms with Crippen molar-refractivity contribution in [1.29, 1.82) is 0 Å². The maximum Gasteiger partial charge on any atom is 0.282 e. The molecule has 112 valence electrons. The minimum atomic E-state index is -3.25. The predicted molar refractivity (Wildman–Crippen MR) is 76.3 cm³/mol. The van der Waals surface area contributed by atoms with Gasteiger partial charge in [0.25, 0.3) is 10.2 Å². The average Bonchev–Trinajstić information content (AvgIpc) is 2.94. The number of piperazine rings is 1. The molecule has 0 amide bonds. The molecule has 0 aromatic heterocycles. The first kappa shape index (κ1) is 15.2. The van der Waals surface area contributed by atoms with Crippen LogP contribution in [0.3, 0.4) is 0 Å². The Labute approximate surface area is 116 Å². The highest BCUT2D eigenvalue weighted by molar-refractivity contribution is 7.86. The van der Waals surface area contributed by atoms with E-state index in [1.165, 1.54) is 6.42 Å². The van der Waals surface area contributed by atoms with Crippen LogP contribution in [0, 0.1) is 0 Å². The quantitative estimate of drug-likeness (QED) is 0.745. The van der Waals surface area contributed by atoms with E-state index in [2.05, 4.69) is 10.2 Å². The lowest BCUT2D eigenvalue weighted by Gasteiger charge is -2.38. The number of nitrogens with zero attached hydrogens (tertiary/aromatic N) is 3. The van der Waals surface area contributed by atoms with Crippen LogP contribution in [0.4, 0.5) is 0 Å². The molecule has 6 nitrogen and oxygen atoms in total. The van der Waals surface area contributed by atoms with E-state index in [0.717, 1.165) is 26.2 Å². The van der Waals surface area contributed by atoms with Crippen molar-refractivity contribution in [2.75, 3.05) is 52.4 Å². The van der Waals surface area contributed by atoms with Crippen LogP contribution in [0.25, 0.3) is 0 Å². The molecule has 1 atom stereocenters. The standard InChI is InChI=1S/C12H26N4O2S/c1-3-15(4-2)19(17,18)16-9-7-14(8-10-16)12-5-6-13-11-12/h12-13H,3-11H2,1-2H3. The third-order valence-electron chi connectivity index (χ3n) is 4.18. The van der Waals surface area contributed by atoms with Crippen LogP contribution in [0.1, 0.15) is 20.3 Å². The molecule has 0 radical (unpaired) electrons. The van der Waals surface area contributed by atoms with Crippen molar-refractivity contribution in [2.45, 2.75) is 26.3 Å². The van der Waals surface area contributed by atoms with Crippen LogP contribution < -0.4 is 5.32 Å². The van der Waals surface area contributed by atoms with Gasteiger partial charge in [-0.2, -0.15) is 17.0 Å². The highest BCUT2D eigenvalue weighted by Crippen LogP contribution is 2.16. The summed E-state index contributed by atoms with van der Waals surface area (Å²) in [4.78, 5) is 2.42. The SMILES string of the molecule is CCN(CC)S(=O)(=O)N1CCN(C2CCNC2)CC1. The summed E-state index contributed by atoms with van der Waals surface area (Å²) in [7, 11) is -3.25. The third-order valence-corrected chi connectivity index (χ3v) is 6.37. The molecule has 0 spiro atoms. The summed E-state index contributed by atoms with van der Waals surface area (Å²) in [5, 5.41) is 3.37. The molecule has 0 saturated carbocycles. The Kier molecular flexibility index (Phi) is 5.19. The monoisotopic (exact) mass is 290 g/mol. The first-order valence-corrected chi connectivity index (χ1v) is 8.69. The molecule has 0 aromatic rings. The van der Waals surface area contributed by atoms with Crippen LogP contribution in [0.5, 0.6) is 0 Å². The van der Waals surface area contributed by atoms with Gasteiger partial charge in [0, 0.05) is 51.9 Å². The minimum absolute atomic E-state index is 0.547. The van der Waals surface area contributed by atoms with Gasteiger partial charge < -0.3 is 5.32 Å². The minimum Gasteiger partial charge on any atom is -0.315 e. The Morgan fingerprint density at radius 3 is 2.26 bits per heavy atom. The zero-order chi connectivity index (χ0) is 13.9. The second kappa shape index (κ2) is 6.49. The third kappa shape index (κ3) is 3.28. The molecule has 2 fully saturated rings. The van der Waals surface area contributed by atoms with Crippen molar-refractivity contribution in [3.05, 3.63) is 0 Å². The average molecular weight is 290 g/mol. The molecule has 2 heterocycles. The van der Waals surface area contributed by atoms with Crippen molar-refractivity contribution in [2.24, 2.45) is 0 Å². The Hall–Kier alpha value is -0.210.